The number of aromatic nitrogens is 1. The number of fused-ring (bicyclic) bond motifs is 1. The minimum absolute atomic E-state index is 0.0308. The van der Waals surface area contributed by atoms with Crippen molar-refractivity contribution in [3.8, 4) is 0 Å². The molecule has 88 valence electrons. The van der Waals surface area contributed by atoms with Gasteiger partial charge in [-0.3, -0.25) is 4.79 Å². The Morgan fingerprint density at radius 3 is 2.88 bits per heavy atom. The Hall–Kier alpha value is -2.07. The van der Waals surface area contributed by atoms with Crippen molar-refractivity contribution in [3.63, 3.8) is 0 Å². The Balaban J connectivity index is 2.54. The lowest BCUT2D eigenvalue weighted by Gasteiger charge is -1.99. The maximum atomic E-state index is 10.8. The third-order valence-electron chi connectivity index (χ3n) is 2.56. The Morgan fingerprint density at radius 1 is 1.41 bits per heavy atom. The highest BCUT2D eigenvalue weighted by atomic mass is 16.4. The number of nitrogens with zero attached hydrogens (tertiary/aromatic N) is 1. The second-order valence-electron chi connectivity index (χ2n) is 3.76. The van der Waals surface area contributed by atoms with E-state index in [1.807, 2.05) is 42.6 Å². The molecule has 4 heteroatoms. The molecule has 0 amide bonds. The van der Waals surface area contributed by atoms with Crippen molar-refractivity contribution in [3.05, 3.63) is 42.1 Å². The van der Waals surface area contributed by atoms with Gasteiger partial charge in [0.2, 0.25) is 0 Å². The van der Waals surface area contributed by atoms with Crippen LogP contribution in [0.1, 0.15) is 5.56 Å². The molecular formula is C13H14N2O2. The van der Waals surface area contributed by atoms with Crippen LogP contribution < -0.4 is 5.73 Å². The number of aliphatic carboxylic acids is 1. The monoisotopic (exact) mass is 230 g/mol. The molecule has 0 aliphatic rings. The molecule has 0 spiro atoms. The van der Waals surface area contributed by atoms with Crippen LogP contribution >= 0.6 is 0 Å². The van der Waals surface area contributed by atoms with Gasteiger partial charge in [0.1, 0.15) is 6.54 Å². The summed E-state index contributed by atoms with van der Waals surface area (Å²) < 4.78 is 1.73. The molecule has 0 bridgehead atoms. The summed E-state index contributed by atoms with van der Waals surface area (Å²) in [6.07, 6.45) is 5.61. The van der Waals surface area contributed by atoms with Crippen LogP contribution in [0.25, 0.3) is 17.0 Å². The van der Waals surface area contributed by atoms with Gasteiger partial charge in [-0.25, -0.2) is 0 Å². The molecule has 0 atom stereocenters. The van der Waals surface area contributed by atoms with E-state index in [-0.39, 0.29) is 6.54 Å². The van der Waals surface area contributed by atoms with Crippen LogP contribution in [0, 0.1) is 0 Å². The first-order valence-corrected chi connectivity index (χ1v) is 5.38. The van der Waals surface area contributed by atoms with Gasteiger partial charge in [0.05, 0.1) is 0 Å². The van der Waals surface area contributed by atoms with Gasteiger partial charge < -0.3 is 15.4 Å². The number of rotatable bonds is 4. The van der Waals surface area contributed by atoms with Gasteiger partial charge in [0.15, 0.2) is 0 Å². The van der Waals surface area contributed by atoms with Crippen molar-refractivity contribution in [2.45, 2.75) is 6.54 Å². The topological polar surface area (TPSA) is 68.2 Å². The van der Waals surface area contributed by atoms with E-state index in [4.69, 9.17) is 10.8 Å². The largest absolute Gasteiger partial charge is 0.480 e. The van der Waals surface area contributed by atoms with E-state index in [1.54, 1.807) is 4.57 Å². The molecule has 1 aromatic carbocycles. The van der Waals surface area contributed by atoms with Crippen molar-refractivity contribution < 1.29 is 9.90 Å². The average molecular weight is 230 g/mol. The van der Waals surface area contributed by atoms with Crippen LogP contribution in [0.4, 0.5) is 0 Å². The van der Waals surface area contributed by atoms with Crippen molar-refractivity contribution in [2.24, 2.45) is 5.73 Å². The number of benzene rings is 1. The molecule has 0 fully saturated rings. The summed E-state index contributed by atoms with van der Waals surface area (Å²) in [6, 6.07) is 7.73. The van der Waals surface area contributed by atoms with E-state index in [0.29, 0.717) is 6.54 Å². The van der Waals surface area contributed by atoms with E-state index < -0.39 is 5.97 Å². The first kappa shape index (κ1) is 11.4. The molecule has 0 aliphatic heterocycles. The maximum absolute atomic E-state index is 10.8. The second-order valence-corrected chi connectivity index (χ2v) is 3.76. The lowest BCUT2D eigenvalue weighted by Crippen LogP contribution is -2.07. The minimum atomic E-state index is -0.847. The highest BCUT2D eigenvalue weighted by Gasteiger charge is 2.07. The average Bonchev–Trinajstić information content (AvgIpc) is 2.65. The summed E-state index contributed by atoms with van der Waals surface area (Å²) >= 11 is 0. The van der Waals surface area contributed by atoms with Gasteiger partial charge in [0, 0.05) is 23.6 Å². The van der Waals surface area contributed by atoms with E-state index in [9.17, 15) is 4.79 Å². The quantitative estimate of drug-likeness (QED) is 0.840. The normalized spacial score (nSPS) is 11.4. The fourth-order valence-corrected chi connectivity index (χ4v) is 1.88. The molecule has 2 rings (SSSR count). The van der Waals surface area contributed by atoms with E-state index >= 15 is 0 Å². The minimum Gasteiger partial charge on any atom is -0.480 e. The molecule has 0 radical (unpaired) electrons. The zero-order chi connectivity index (χ0) is 12.3. The Morgan fingerprint density at radius 2 is 2.18 bits per heavy atom. The number of hydrogen-bond acceptors (Lipinski definition) is 2. The van der Waals surface area contributed by atoms with E-state index in [2.05, 4.69) is 0 Å². The third-order valence-corrected chi connectivity index (χ3v) is 2.56. The SMILES string of the molecule is NCC=Cc1cn(CC(=O)O)c2ccccc12. The number of para-hydroxylation sites is 1. The van der Waals surface area contributed by atoms with Gasteiger partial charge in [-0.05, 0) is 11.6 Å². The molecule has 0 saturated heterocycles. The molecule has 0 unspecified atom stereocenters. The number of hydrogen-bond donors (Lipinski definition) is 2. The lowest BCUT2D eigenvalue weighted by atomic mass is 10.1. The van der Waals surface area contributed by atoms with Crippen LogP contribution in [0.5, 0.6) is 0 Å². The van der Waals surface area contributed by atoms with Crippen molar-refractivity contribution in [1.82, 2.24) is 4.57 Å². The lowest BCUT2D eigenvalue weighted by molar-refractivity contribution is -0.137. The molecule has 1 heterocycles. The molecule has 4 nitrogen and oxygen atoms in total. The first-order valence-electron chi connectivity index (χ1n) is 5.38. The highest BCUT2D eigenvalue weighted by Crippen LogP contribution is 2.22. The van der Waals surface area contributed by atoms with Crippen molar-refractivity contribution in [1.29, 1.82) is 0 Å². The zero-order valence-corrected chi connectivity index (χ0v) is 9.34. The Kier molecular flexibility index (Phi) is 3.25. The van der Waals surface area contributed by atoms with Gasteiger partial charge >= 0.3 is 5.97 Å². The summed E-state index contributed by atoms with van der Waals surface area (Å²) in [5.41, 5.74) is 7.34. The summed E-state index contributed by atoms with van der Waals surface area (Å²) in [5.74, 6) is -0.847. The van der Waals surface area contributed by atoms with Gasteiger partial charge in [0.25, 0.3) is 0 Å². The molecular weight excluding hydrogens is 216 g/mol. The van der Waals surface area contributed by atoms with Crippen molar-refractivity contribution >= 4 is 22.9 Å². The molecule has 0 aliphatic carbocycles. The summed E-state index contributed by atoms with van der Waals surface area (Å²) in [4.78, 5) is 10.8. The Bertz CT molecular complexity index is 570. The summed E-state index contributed by atoms with van der Waals surface area (Å²) in [7, 11) is 0. The van der Waals surface area contributed by atoms with Crippen LogP contribution in [0.2, 0.25) is 0 Å². The molecule has 3 N–H and O–H groups in total. The molecule has 2 aromatic rings. The van der Waals surface area contributed by atoms with E-state index in [1.165, 1.54) is 0 Å². The number of carbonyl (C=O) groups is 1. The van der Waals surface area contributed by atoms with Crippen LogP contribution in [0.3, 0.4) is 0 Å². The summed E-state index contributed by atoms with van der Waals surface area (Å²) in [5, 5.41) is 9.89. The molecule has 1 aromatic heterocycles. The predicted molar refractivity (Wildman–Crippen MR) is 67.7 cm³/mol. The number of carboxylic acids is 1. The fourth-order valence-electron chi connectivity index (χ4n) is 1.88. The smallest absolute Gasteiger partial charge is 0.323 e. The summed E-state index contributed by atoms with van der Waals surface area (Å²) in [6.45, 7) is 0.440. The van der Waals surface area contributed by atoms with E-state index in [0.717, 1.165) is 16.5 Å². The second kappa shape index (κ2) is 4.84. The Labute approximate surface area is 99.0 Å². The van der Waals surface area contributed by atoms with Crippen LogP contribution in [-0.2, 0) is 11.3 Å². The van der Waals surface area contributed by atoms with Gasteiger partial charge in [-0.1, -0.05) is 30.4 Å². The molecule has 0 saturated carbocycles. The van der Waals surface area contributed by atoms with Gasteiger partial charge in [-0.15, -0.1) is 0 Å². The standard InChI is InChI=1S/C13H14N2O2/c14-7-3-4-10-8-15(9-13(16)17)12-6-2-1-5-11(10)12/h1-6,8H,7,9,14H2,(H,16,17). The zero-order valence-electron chi connectivity index (χ0n) is 9.34. The van der Waals surface area contributed by atoms with Gasteiger partial charge in [-0.2, -0.15) is 0 Å². The number of carboxylic acid groups (broad SMARTS) is 1. The molecule has 17 heavy (non-hydrogen) atoms. The fraction of sp³-hybridized carbons (Fsp3) is 0.154. The van der Waals surface area contributed by atoms with Crippen LogP contribution in [-0.4, -0.2) is 22.2 Å². The van der Waals surface area contributed by atoms with Crippen LogP contribution in [0.15, 0.2) is 36.5 Å². The third kappa shape index (κ3) is 2.37. The first-order chi connectivity index (χ1) is 8.22. The number of nitrogens with two attached hydrogens (primary N) is 1. The maximum Gasteiger partial charge on any atom is 0.323 e. The van der Waals surface area contributed by atoms with Crippen molar-refractivity contribution in [2.75, 3.05) is 6.54 Å². The predicted octanol–water partition coefficient (Wildman–Crippen LogP) is 1.70. The highest BCUT2D eigenvalue weighted by molar-refractivity contribution is 5.90.